The lowest BCUT2D eigenvalue weighted by molar-refractivity contribution is -0.109. The van der Waals surface area contributed by atoms with Gasteiger partial charge in [0, 0.05) is 5.92 Å². The van der Waals surface area contributed by atoms with Crippen molar-refractivity contribution in [3.05, 3.63) is 23.8 Å². The molecule has 0 aliphatic heterocycles. The second-order valence-corrected chi connectivity index (χ2v) is 4.83. The predicted octanol–water partition coefficient (Wildman–Crippen LogP) is 3.37. The molecule has 14 heavy (non-hydrogen) atoms. The molecular weight excluding hydrogens is 172 g/mol. The van der Waals surface area contributed by atoms with Crippen LogP contribution in [0.1, 0.15) is 34.1 Å². The standard InChI is InChI=1S/C13H20O/c1-10(9-14)5-7-12-8-6-11(2)13(12,3)4/h5-7,9-10,12H,8H2,1-4H3/b7-5+/t10?,12-/m0/s1. The zero-order chi connectivity index (χ0) is 10.8. The van der Waals surface area contributed by atoms with Crippen LogP contribution in [0.4, 0.5) is 0 Å². The van der Waals surface area contributed by atoms with Crippen molar-refractivity contribution in [1.29, 1.82) is 0 Å². The molecule has 0 N–H and O–H groups in total. The molecule has 0 fully saturated rings. The molecule has 0 aromatic rings. The van der Waals surface area contributed by atoms with Gasteiger partial charge < -0.3 is 4.79 Å². The van der Waals surface area contributed by atoms with Crippen molar-refractivity contribution in [2.24, 2.45) is 17.3 Å². The van der Waals surface area contributed by atoms with Crippen LogP contribution in [-0.4, -0.2) is 6.29 Å². The molecule has 1 aliphatic carbocycles. The molecule has 0 aromatic carbocycles. The Morgan fingerprint density at radius 2 is 2.21 bits per heavy atom. The summed E-state index contributed by atoms with van der Waals surface area (Å²) in [5.74, 6) is 0.608. The lowest BCUT2D eigenvalue weighted by Gasteiger charge is -2.27. The first kappa shape index (κ1) is 11.2. The van der Waals surface area contributed by atoms with Gasteiger partial charge in [-0.25, -0.2) is 0 Å². The molecule has 0 saturated carbocycles. The Bertz CT molecular complexity index is 271. The summed E-state index contributed by atoms with van der Waals surface area (Å²) in [4.78, 5) is 10.5. The molecule has 1 unspecified atom stereocenters. The lowest BCUT2D eigenvalue weighted by Crippen LogP contribution is -2.18. The summed E-state index contributed by atoms with van der Waals surface area (Å²) in [6.45, 7) is 8.65. The topological polar surface area (TPSA) is 17.1 Å². The molecule has 1 rings (SSSR count). The normalized spacial score (nSPS) is 27.7. The summed E-state index contributed by atoms with van der Waals surface area (Å²) >= 11 is 0. The van der Waals surface area contributed by atoms with Crippen LogP contribution < -0.4 is 0 Å². The van der Waals surface area contributed by atoms with E-state index in [2.05, 4.69) is 32.9 Å². The van der Waals surface area contributed by atoms with E-state index < -0.39 is 0 Å². The lowest BCUT2D eigenvalue weighted by atomic mass is 9.77. The van der Waals surface area contributed by atoms with Crippen molar-refractivity contribution < 1.29 is 4.79 Å². The monoisotopic (exact) mass is 192 g/mol. The van der Waals surface area contributed by atoms with E-state index in [-0.39, 0.29) is 11.3 Å². The van der Waals surface area contributed by atoms with Gasteiger partial charge in [0.25, 0.3) is 0 Å². The maximum atomic E-state index is 10.5. The summed E-state index contributed by atoms with van der Waals surface area (Å²) in [7, 11) is 0. The fraction of sp³-hybridized carbons (Fsp3) is 0.615. The van der Waals surface area contributed by atoms with Crippen LogP contribution in [0.2, 0.25) is 0 Å². The Morgan fingerprint density at radius 3 is 2.64 bits per heavy atom. The molecule has 0 spiro atoms. The van der Waals surface area contributed by atoms with Crippen LogP contribution >= 0.6 is 0 Å². The second kappa shape index (κ2) is 4.12. The predicted molar refractivity (Wildman–Crippen MR) is 60.0 cm³/mol. The molecular formula is C13H20O. The van der Waals surface area contributed by atoms with E-state index in [9.17, 15) is 4.79 Å². The van der Waals surface area contributed by atoms with Crippen molar-refractivity contribution in [1.82, 2.24) is 0 Å². The molecule has 1 aliphatic rings. The molecule has 0 bridgehead atoms. The quantitative estimate of drug-likeness (QED) is 0.495. The minimum Gasteiger partial charge on any atom is -0.303 e. The van der Waals surface area contributed by atoms with Gasteiger partial charge in [0.1, 0.15) is 6.29 Å². The molecule has 1 nitrogen and oxygen atoms in total. The Morgan fingerprint density at radius 1 is 1.57 bits per heavy atom. The Kier molecular flexibility index (Phi) is 3.30. The number of hydrogen-bond acceptors (Lipinski definition) is 1. The third-order valence-corrected chi connectivity index (χ3v) is 3.48. The van der Waals surface area contributed by atoms with Crippen LogP contribution in [0.25, 0.3) is 0 Å². The molecule has 78 valence electrons. The summed E-state index contributed by atoms with van der Waals surface area (Å²) in [6, 6.07) is 0. The highest BCUT2D eigenvalue weighted by molar-refractivity contribution is 5.55. The first-order valence-electron chi connectivity index (χ1n) is 5.29. The van der Waals surface area contributed by atoms with E-state index in [1.54, 1.807) is 0 Å². The van der Waals surface area contributed by atoms with Gasteiger partial charge in [0.05, 0.1) is 0 Å². The minimum atomic E-state index is 0.0479. The first-order valence-corrected chi connectivity index (χ1v) is 5.29. The Labute approximate surface area is 86.9 Å². The molecule has 1 heteroatoms. The number of allylic oxidation sites excluding steroid dienone is 4. The number of carbonyl (C=O) groups excluding carboxylic acids is 1. The average Bonchev–Trinajstić information content (AvgIpc) is 2.39. The van der Waals surface area contributed by atoms with Gasteiger partial charge in [0.2, 0.25) is 0 Å². The maximum Gasteiger partial charge on any atom is 0.126 e. The molecule has 0 radical (unpaired) electrons. The summed E-state index contributed by atoms with van der Waals surface area (Å²) < 4.78 is 0. The fourth-order valence-corrected chi connectivity index (χ4v) is 1.83. The summed E-state index contributed by atoms with van der Waals surface area (Å²) in [5, 5.41) is 0. The summed E-state index contributed by atoms with van der Waals surface area (Å²) in [5.41, 5.74) is 1.73. The van der Waals surface area contributed by atoms with Crippen LogP contribution in [0.5, 0.6) is 0 Å². The van der Waals surface area contributed by atoms with E-state index in [1.807, 2.05) is 13.0 Å². The third kappa shape index (κ3) is 2.14. The zero-order valence-corrected chi connectivity index (χ0v) is 9.58. The van der Waals surface area contributed by atoms with Crippen LogP contribution in [0.15, 0.2) is 23.8 Å². The highest BCUT2D eigenvalue weighted by Crippen LogP contribution is 2.43. The first-order chi connectivity index (χ1) is 6.48. The van der Waals surface area contributed by atoms with Crippen molar-refractivity contribution in [3.63, 3.8) is 0 Å². The van der Waals surface area contributed by atoms with Crippen molar-refractivity contribution in [2.75, 3.05) is 0 Å². The highest BCUT2D eigenvalue weighted by atomic mass is 16.1. The van der Waals surface area contributed by atoms with E-state index in [0.717, 1.165) is 12.7 Å². The molecule has 0 heterocycles. The van der Waals surface area contributed by atoms with E-state index in [0.29, 0.717) is 5.92 Å². The molecule has 0 aromatic heterocycles. The van der Waals surface area contributed by atoms with Gasteiger partial charge in [-0.15, -0.1) is 0 Å². The third-order valence-electron chi connectivity index (χ3n) is 3.48. The summed E-state index contributed by atoms with van der Waals surface area (Å²) in [6.07, 6.45) is 8.62. The SMILES string of the molecule is CC1=CC[C@H](/C=C/C(C)C=O)C1(C)C. The number of aldehydes is 1. The second-order valence-electron chi connectivity index (χ2n) is 4.83. The largest absolute Gasteiger partial charge is 0.303 e. The van der Waals surface area contributed by atoms with Gasteiger partial charge in [-0.05, 0) is 24.7 Å². The van der Waals surface area contributed by atoms with Crippen molar-refractivity contribution in [3.8, 4) is 0 Å². The van der Waals surface area contributed by atoms with E-state index >= 15 is 0 Å². The van der Waals surface area contributed by atoms with Crippen molar-refractivity contribution in [2.45, 2.75) is 34.1 Å². The van der Waals surface area contributed by atoms with E-state index in [1.165, 1.54) is 5.57 Å². The van der Waals surface area contributed by atoms with Crippen LogP contribution in [-0.2, 0) is 4.79 Å². The van der Waals surface area contributed by atoms with Gasteiger partial charge >= 0.3 is 0 Å². The molecule has 2 atom stereocenters. The smallest absolute Gasteiger partial charge is 0.126 e. The van der Waals surface area contributed by atoms with Gasteiger partial charge in [-0.2, -0.15) is 0 Å². The highest BCUT2D eigenvalue weighted by Gasteiger charge is 2.32. The molecule has 0 saturated heterocycles. The average molecular weight is 192 g/mol. The fourth-order valence-electron chi connectivity index (χ4n) is 1.83. The Hall–Kier alpha value is -0.850. The zero-order valence-electron chi connectivity index (χ0n) is 9.58. The number of hydrogen-bond donors (Lipinski definition) is 0. The van der Waals surface area contributed by atoms with Crippen LogP contribution in [0.3, 0.4) is 0 Å². The minimum absolute atomic E-state index is 0.0479. The van der Waals surface area contributed by atoms with Gasteiger partial charge in [-0.3, -0.25) is 0 Å². The molecule has 0 amide bonds. The maximum absolute atomic E-state index is 10.5. The Balaban J connectivity index is 2.66. The number of carbonyl (C=O) groups is 1. The van der Waals surface area contributed by atoms with Crippen molar-refractivity contribution >= 4 is 6.29 Å². The number of rotatable bonds is 3. The van der Waals surface area contributed by atoms with Crippen LogP contribution in [0, 0.1) is 17.3 Å². The van der Waals surface area contributed by atoms with E-state index in [4.69, 9.17) is 0 Å². The van der Waals surface area contributed by atoms with Gasteiger partial charge in [0.15, 0.2) is 0 Å². The van der Waals surface area contributed by atoms with Gasteiger partial charge in [-0.1, -0.05) is 44.6 Å².